The highest BCUT2D eigenvalue weighted by molar-refractivity contribution is 6.33. The van der Waals surface area contributed by atoms with Crippen LogP contribution in [-0.2, 0) is 23.9 Å². The summed E-state index contributed by atoms with van der Waals surface area (Å²) in [7, 11) is 3.50. The Kier molecular flexibility index (Phi) is 10.5. The zero-order valence-electron chi connectivity index (χ0n) is 28.2. The van der Waals surface area contributed by atoms with Gasteiger partial charge in [-0.05, 0) is 38.0 Å². The average molecular weight is 716 g/mol. The second-order valence-electron chi connectivity index (χ2n) is 12.1. The molecule has 0 unspecified atom stereocenters. The van der Waals surface area contributed by atoms with E-state index in [1.165, 1.54) is 12.5 Å². The number of aromatic nitrogens is 5. The van der Waals surface area contributed by atoms with E-state index in [1.807, 2.05) is 18.7 Å². The standard InChI is InChI=1S/C33H37ClF3N9O4/c1-6-8-20-15-44(32(50)27-29(48)18(3)39-17-40-27)11-12-45(20)28-23(7-2)46(31-26(30(28)49)42-24(14-38-31)43(4)5)16-25(47)41-22-10-9-19(13-21(22)34)33(35,36)37/h9-10,13-14,17,20,48H,6-8,11-12,15-16H2,1-5H3,(H,41,47)/t20-/m1/s1. The number of aromatic hydroxyl groups is 1. The number of alkyl halides is 3. The number of carbonyl (C=O) groups excluding carboxylic acids is 2. The third-order valence-electron chi connectivity index (χ3n) is 8.58. The van der Waals surface area contributed by atoms with Gasteiger partial charge in [-0.15, -0.1) is 0 Å². The number of carbonyl (C=O) groups is 2. The quantitative estimate of drug-likeness (QED) is 0.251. The predicted octanol–water partition coefficient (Wildman–Crippen LogP) is 4.67. The first-order valence-electron chi connectivity index (χ1n) is 16.0. The number of aryl methyl sites for hydroxylation is 1. The van der Waals surface area contributed by atoms with Crippen molar-refractivity contribution in [2.24, 2.45) is 0 Å². The van der Waals surface area contributed by atoms with E-state index in [1.54, 1.807) is 35.4 Å². The molecule has 1 fully saturated rings. The van der Waals surface area contributed by atoms with Crippen molar-refractivity contribution in [1.29, 1.82) is 0 Å². The van der Waals surface area contributed by atoms with Crippen LogP contribution in [0.5, 0.6) is 5.75 Å². The van der Waals surface area contributed by atoms with E-state index < -0.39 is 23.6 Å². The number of halogens is 4. The lowest BCUT2D eigenvalue weighted by molar-refractivity contribution is -0.137. The van der Waals surface area contributed by atoms with Crippen LogP contribution in [0.4, 0.5) is 30.4 Å². The van der Waals surface area contributed by atoms with E-state index >= 15 is 0 Å². The highest BCUT2D eigenvalue weighted by Crippen LogP contribution is 2.34. The summed E-state index contributed by atoms with van der Waals surface area (Å²) in [5.74, 6) is -0.946. The summed E-state index contributed by atoms with van der Waals surface area (Å²) in [6.07, 6.45) is -0.268. The number of piperazine rings is 1. The van der Waals surface area contributed by atoms with Gasteiger partial charge in [0.2, 0.25) is 11.3 Å². The molecule has 4 heterocycles. The maximum absolute atomic E-state index is 14.4. The summed E-state index contributed by atoms with van der Waals surface area (Å²) in [5.41, 5.74) is -0.185. The van der Waals surface area contributed by atoms with Crippen molar-refractivity contribution in [3.8, 4) is 5.75 Å². The van der Waals surface area contributed by atoms with Gasteiger partial charge in [0.25, 0.3) is 5.91 Å². The Morgan fingerprint density at radius 2 is 1.88 bits per heavy atom. The highest BCUT2D eigenvalue weighted by Gasteiger charge is 2.35. The van der Waals surface area contributed by atoms with Crippen molar-refractivity contribution in [3.63, 3.8) is 0 Å². The van der Waals surface area contributed by atoms with E-state index in [2.05, 4.69) is 25.3 Å². The fourth-order valence-electron chi connectivity index (χ4n) is 6.08. The van der Waals surface area contributed by atoms with E-state index in [9.17, 15) is 32.7 Å². The number of rotatable bonds is 9. The zero-order chi connectivity index (χ0) is 36.5. The molecule has 4 aromatic rings. The molecule has 0 saturated carbocycles. The molecular formula is C33H37ClF3N9O4. The average Bonchev–Trinajstić information content (AvgIpc) is 3.07. The van der Waals surface area contributed by atoms with Gasteiger partial charge in [0.15, 0.2) is 22.6 Å². The van der Waals surface area contributed by atoms with Crippen LogP contribution in [-0.4, -0.2) is 86.1 Å². The van der Waals surface area contributed by atoms with Gasteiger partial charge in [0.05, 0.1) is 28.2 Å². The maximum Gasteiger partial charge on any atom is 0.416 e. The number of nitrogens with one attached hydrogen (secondary N) is 1. The van der Waals surface area contributed by atoms with Gasteiger partial charge in [-0.1, -0.05) is 31.9 Å². The number of amides is 2. The Labute approximate surface area is 290 Å². The first-order chi connectivity index (χ1) is 23.7. The predicted molar refractivity (Wildman–Crippen MR) is 183 cm³/mol. The molecule has 50 heavy (non-hydrogen) atoms. The lowest BCUT2D eigenvalue weighted by Crippen LogP contribution is -2.56. The fraction of sp³-hybridized carbons (Fsp3) is 0.424. The summed E-state index contributed by atoms with van der Waals surface area (Å²) >= 11 is 6.12. The largest absolute Gasteiger partial charge is 0.504 e. The molecule has 1 saturated heterocycles. The molecule has 0 bridgehead atoms. The Bertz CT molecular complexity index is 2000. The second kappa shape index (κ2) is 14.5. The van der Waals surface area contributed by atoms with Crippen molar-refractivity contribution >= 4 is 51.8 Å². The Morgan fingerprint density at radius 1 is 1.14 bits per heavy atom. The molecule has 13 nitrogen and oxygen atoms in total. The minimum Gasteiger partial charge on any atom is -0.504 e. The van der Waals surface area contributed by atoms with Gasteiger partial charge in [-0.3, -0.25) is 14.4 Å². The summed E-state index contributed by atoms with van der Waals surface area (Å²) in [6.45, 7) is 5.73. The lowest BCUT2D eigenvalue weighted by atomic mass is 10.0. The molecular weight excluding hydrogens is 679 g/mol. The van der Waals surface area contributed by atoms with Crippen molar-refractivity contribution < 1.29 is 27.9 Å². The number of anilines is 3. The van der Waals surface area contributed by atoms with Crippen molar-refractivity contribution in [2.45, 2.75) is 58.8 Å². The van der Waals surface area contributed by atoms with Crippen LogP contribution >= 0.6 is 11.6 Å². The summed E-state index contributed by atoms with van der Waals surface area (Å²) in [6, 6.07) is 2.32. The highest BCUT2D eigenvalue weighted by atomic mass is 35.5. The van der Waals surface area contributed by atoms with Crippen molar-refractivity contribution in [1.82, 2.24) is 29.4 Å². The Balaban J connectivity index is 1.57. The fourth-order valence-corrected chi connectivity index (χ4v) is 6.30. The van der Waals surface area contributed by atoms with Crippen LogP contribution in [0.25, 0.3) is 11.2 Å². The molecule has 17 heteroatoms. The lowest BCUT2D eigenvalue weighted by Gasteiger charge is -2.43. The van der Waals surface area contributed by atoms with E-state index in [4.69, 9.17) is 11.6 Å². The van der Waals surface area contributed by atoms with Crippen LogP contribution in [0.2, 0.25) is 5.02 Å². The Hall–Kier alpha value is -4.99. The second-order valence-corrected chi connectivity index (χ2v) is 12.6. The van der Waals surface area contributed by atoms with Gasteiger partial charge < -0.3 is 29.7 Å². The number of hydrogen-bond donors (Lipinski definition) is 2. The zero-order valence-corrected chi connectivity index (χ0v) is 28.9. The number of hydrogen-bond acceptors (Lipinski definition) is 10. The van der Waals surface area contributed by atoms with Crippen LogP contribution in [0.3, 0.4) is 0 Å². The SMILES string of the molecule is CCC[C@@H]1CN(C(=O)c2ncnc(C)c2O)CCN1c1c(CC)n(CC(=O)Nc2ccc(C(F)(F)F)cc2Cl)c2ncc(N(C)C)nc2c1=O. The van der Waals surface area contributed by atoms with Crippen molar-refractivity contribution in [3.05, 3.63) is 68.6 Å². The summed E-state index contributed by atoms with van der Waals surface area (Å²) in [5, 5.41) is 12.8. The molecule has 5 rings (SSSR count). The van der Waals surface area contributed by atoms with Gasteiger partial charge in [0, 0.05) is 45.5 Å². The third kappa shape index (κ3) is 7.15. The molecule has 0 aliphatic carbocycles. The van der Waals surface area contributed by atoms with Gasteiger partial charge in [-0.2, -0.15) is 13.2 Å². The minimum atomic E-state index is -4.61. The maximum atomic E-state index is 14.4. The molecule has 2 amide bonds. The molecule has 0 spiro atoms. The minimum absolute atomic E-state index is 0.0111. The molecule has 0 radical (unpaired) electrons. The number of benzene rings is 1. The molecule has 1 aliphatic heterocycles. The summed E-state index contributed by atoms with van der Waals surface area (Å²) < 4.78 is 41.2. The first kappa shape index (κ1) is 36.3. The smallest absolute Gasteiger partial charge is 0.416 e. The van der Waals surface area contributed by atoms with Gasteiger partial charge in [0.1, 0.15) is 24.4 Å². The van der Waals surface area contributed by atoms with E-state index in [-0.39, 0.29) is 76.7 Å². The third-order valence-corrected chi connectivity index (χ3v) is 8.89. The van der Waals surface area contributed by atoms with Crippen LogP contribution in [0, 0.1) is 6.92 Å². The Morgan fingerprint density at radius 3 is 2.52 bits per heavy atom. The molecule has 266 valence electrons. The van der Waals surface area contributed by atoms with E-state index in [0.29, 0.717) is 30.0 Å². The van der Waals surface area contributed by atoms with Crippen LogP contribution < -0.4 is 20.5 Å². The monoisotopic (exact) mass is 715 g/mol. The van der Waals surface area contributed by atoms with E-state index in [0.717, 1.165) is 24.6 Å². The number of pyridine rings is 1. The molecule has 1 aliphatic rings. The van der Waals surface area contributed by atoms with Crippen molar-refractivity contribution in [2.75, 3.05) is 48.8 Å². The number of fused-ring (bicyclic) bond motifs is 1. The number of nitrogens with zero attached hydrogens (tertiary/aromatic N) is 8. The van der Waals surface area contributed by atoms with Crippen LogP contribution in [0.1, 0.15) is 54.1 Å². The summed E-state index contributed by atoms with van der Waals surface area (Å²) in [4.78, 5) is 63.8. The van der Waals surface area contributed by atoms with Gasteiger partial charge in [-0.25, -0.2) is 19.9 Å². The van der Waals surface area contributed by atoms with Crippen LogP contribution in [0.15, 0.2) is 35.5 Å². The van der Waals surface area contributed by atoms with Gasteiger partial charge >= 0.3 is 6.18 Å². The normalized spacial score (nSPS) is 15.0. The topological polar surface area (TPSA) is 150 Å². The first-order valence-corrected chi connectivity index (χ1v) is 16.4. The molecule has 3 aromatic heterocycles. The molecule has 1 atom stereocenters. The molecule has 2 N–H and O–H groups in total. The molecule has 1 aromatic carbocycles.